The van der Waals surface area contributed by atoms with Gasteiger partial charge in [0.15, 0.2) is 0 Å². The number of halogens is 2. The van der Waals surface area contributed by atoms with Crippen molar-refractivity contribution in [2.75, 3.05) is 0 Å². The molecule has 76 valence electrons. The lowest BCUT2D eigenvalue weighted by Gasteiger charge is -2.03. The molecule has 0 bridgehead atoms. The molecule has 0 heterocycles. The lowest BCUT2D eigenvalue weighted by atomic mass is 10.1. The zero-order chi connectivity index (χ0) is 10.8. The van der Waals surface area contributed by atoms with Gasteiger partial charge in [0.2, 0.25) is 0 Å². The highest BCUT2D eigenvalue weighted by Crippen LogP contribution is 2.26. The Morgan fingerprint density at radius 3 is 2.27 bits per heavy atom. The normalized spacial score (nSPS) is 10.3. The number of phenols is 1. The summed E-state index contributed by atoms with van der Waals surface area (Å²) >= 11 is 5.65. The first-order valence-corrected chi connectivity index (χ1v) is 4.79. The topological polar surface area (TPSA) is 20.2 Å². The van der Waals surface area contributed by atoms with Gasteiger partial charge in [-0.25, -0.2) is 4.39 Å². The van der Waals surface area contributed by atoms with Crippen LogP contribution in [0.5, 0.6) is 5.75 Å². The van der Waals surface area contributed by atoms with E-state index in [-0.39, 0.29) is 11.6 Å². The molecule has 15 heavy (non-hydrogen) atoms. The van der Waals surface area contributed by atoms with E-state index in [4.69, 9.17) is 16.7 Å². The molecule has 0 aliphatic rings. The number of benzene rings is 2. The lowest BCUT2D eigenvalue weighted by Crippen LogP contribution is -1.83. The maximum Gasteiger partial charge on any atom is 0.132 e. The van der Waals surface area contributed by atoms with E-state index in [1.165, 1.54) is 18.2 Å². The average Bonchev–Trinajstić information content (AvgIpc) is 2.20. The zero-order valence-electron chi connectivity index (χ0n) is 7.74. The molecule has 0 saturated heterocycles. The summed E-state index contributed by atoms with van der Waals surface area (Å²) in [6.07, 6.45) is 0. The van der Waals surface area contributed by atoms with Crippen LogP contribution in [0.3, 0.4) is 0 Å². The average molecular weight is 223 g/mol. The van der Waals surface area contributed by atoms with Gasteiger partial charge in [-0.15, -0.1) is 0 Å². The SMILES string of the molecule is Oc1ccc(-c2ccc(Cl)cc2F)cc1. The Labute approximate surface area is 91.8 Å². The Hall–Kier alpha value is -1.54. The Kier molecular flexibility index (Phi) is 2.60. The molecular weight excluding hydrogens is 215 g/mol. The Balaban J connectivity index is 2.49. The van der Waals surface area contributed by atoms with Crippen LogP contribution in [0.4, 0.5) is 4.39 Å². The van der Waals surface area contributed by atoms with Gasteiger partial charge in [-0.2, -0.15) is 0 Å². The van der Waals surface area contributed by atoms with Crippen molar-refractivity contribution < 1.29 is 9.50 Å². The predicted octanol–water partition coefficient (Wildman–Crippen LogP) is 3.85. The smallest absolute Gasteiger partial charge is 0.132 e. The van der Waals surface area contributed by atoms with E-state index in [0.29, 0.717) is 16.1 Å². The van der Waals surface area contributed by atoms with Crippen LogP contribution in [0.15, 0.2) is 42.5 Å². The molecule has 0 saturated carbocycles. The van der Waals surface area contributed by atoms with Crippen molar-refractivity contribution in [2.45, 2.75) is 0 Å². The second-order valence-electron chi connectivity index (χ2n) is 3.17. The predicted molar refractivity (Wildman–Crippen MR) is 58.5 cm³/mol. The first kappa shape index (κ1) is 9.99. The van der Waals surface area contributed by atoms with Crippen molar-refractivity contribution in [1.82, 2.24) is 0 Å². The van der Waals surface area contributed by atoms with Gasteiger partial charge in [-0.1, -0.05) is 23.7 Å². The van der Waals surface area contributed by atoms with Crippen molar-refractivity contribution in [1.29, 1.82) is 0 Å². The van der Waals surface area contributed by atoms with Crippen LogP contribution in [0, 0.1) is 5.82 Å². The van der Waals surface area contributed by atoms with Gasteiger partial charge in [-0.05, 0) is 35.9 Å². The molecular formula is C12H8ClFO. The summed E-state index contributed by atoms with van der Waals surface area (Å²) in [5.41, 5.74) is 1.18. The fraction of sp³-hybridized carbons (Fsp3) is 0. The fourth-order valence-corrected chi connectivity index (χ4v) is 1.52. The number of hydrogen-bond donors (Lipinski definition) is 1. The van der Waals surface area contributed by atoms with E-state index in [1.54, 1.807) is 24.3 Å². The molecule has 0 aromatic heterocycles. The van der Waals surface area contributed by atoms with Gasteiger partial charge in [-0.3, -0.25) is 0 Å². The van der Waals surface area contributed by atoms with Crippen molar-refractivity contribution in [2.24, 2.45) is 0 Å². The molecule has 2 aromatic carbocycles. The van der Waals surface area contributed by atoms with E-state index in [1.807, 2.05) is 0 Å². The van der Waals surface area contributed by atoms with E-state index < -0.39 is 0 Å². The van der Waals surface area contributed by atoms with Crippen LogP contribution < -0.4 is 0 Å². The summed E-state index contributed by atoms with van der Waals surface area (Å²) < 4.78 is 13.5. The number of rotatable bonds is 1. The molecule has 2 rings (SSSR count). The molecule has 0 aliphatic heterocycles. The minimum Gasteiger partial charge on any atom is -0.508 e. The molecule has 0 radical (unpaired) electrons. The number of aromatic hydroxyl groups is 1. The standard InChI is InChI=1S/C12H8ClFO/c13-9-3-6-11(12(14)7-9)8-1-4-10(15)5-2-8/h1-7,15H. The second-order valence-corrected chi connectivity index (χ2v) is 3.61. The minimum absolute atomic E-state index is 0.160. The van der Waals surface area contributed by atoms with E-state index in [2.05, 4.69) is 0 Å². The van der Waals surface area contributed by atoms with E-state index in [0.717, 1.165) is 0 Å². The van der Waals surface area contributed by atoms with Crippen molar-refractivity contribution in [3.05, 3.63) is 53.3 Å². The zero-order valence-corrected chi connectivity index (χ0v) is 8.50. The van der Waals surface area contributed by atoms with Crippen LogP contribution in [0.25, 0.3) is 11.1 Å². The maximum absolute atomic E-state index is 13.5. The Morgan fingerprint density at radius 2 is 1.67 bits per heavy atom. The van der Waals surface area contributed by atoms with Gasteiger partial charge in [0.25, 0.3) is 0 Å². The van der Waals surface area contributed by atoms with E-state index in [9.17, 15) is 4.39 Å². The van der Waals surface area contributed by atoms with Gasteiger partial charge < -0.3 is 5.11 Å². The summed E-state index contributed by atoms with van der Waals surface area (Å²) in [6.45, 7) is 0. The third-order valence-corrected chi connectivity index (χ3v) is 2.34. The van der Waals surface area contributed by atoms with Crippen LogP contribution in [0.1, 0.15) is 0 Å². The molecule has 0 fully saturated rings. The maximum atomic E-state index is 13.5. The molecule has 0 spiro atoms. The number of phenolic OH excluding ortho intramolecular Hbond substituents is 1. The van der Waals surface area contributed by atoms with Gasteiger partial charge in [0.05, 0.1) is 0 Å². The van der Waals surface area contributed by atoms with Crippen LogP contribution in [0.2, 0.25) is 5.02 Å². The molecule has 0 aliphatic carbocycles. The highest BCUT2D eigenvalue weighted by Gasteiger charge is 2.05. The first-order chi connectivity index (χ1) is 7.16. The minimum atomic E-state index is -0.367. The largest absolute Gasteiger partial charge is 0.508 e. The highest BCUT2D eigenvalue weighted by molar-refractivity contribution is 6.30. The molecule has 0 amide bonds. The van der Waals surface area contributed by atoms with Crippen molar-refractivity contribution >= 4 is 11.6 Å². The lowest BCUT2D eigenvalue weighted by molar-refractivity contribution is 0.475. The summed E-state index contributed by atoms with van der Waals surface area (Å²) in [5, 5.41) is 9.47. The summed E-state index contributed by atoms with van der Waals surface area (Å²) in [5.74, 6) is -0.207. The van der Waals surface area contributed by atoms with Crippen LogP contribution >= 0.6 is 11.6 Å². The summed E-state index contributed by atoms with van der Waals surface area (Å²) in [4.78, 5) is 0. The van der Waals surface area contributed by atoms with Gasteiger partial charge in [0, 0.05) is 10.6 Å². The van der Waals surface area contributed by atoms with Gasteiger partial charge >= 0.3 is 0 Å². The van der Waals surface area contributed by atoms with Gasteiger partial charge in [0.1, 0.15) is 11.6 Å². The van der Waals surface area contributed by atoms with E-state index >= 15 is 0 Å². The highest BCUT2D eigenvalue weighted by atomic mass is 35.5. The summed E-state index contributed by atoms with van der Waals surface area (Å²) in [7, 11) is 0. The molecule has 0 atom stereocenters. The second kappa shape index (κ2) is 3.91. The number of hydrogen-bond acceptors (Lipinski definition) is 1. The third kappa shape index (κ3) is 2.10. The van der Waals surface area contributed by atoms with Crippen molar-refractivity contribution in [3.8, 4) is 16.9 Å². The fourth-order valence-electron chi connectivity index (χ4n) is 1.36. The van der Waals surface area contributed by atoms with Crippen molar-refractivity contribution in [3.63, 3.8) is 0 Å². The molecule has 3 heteroatoms. The molecule has 2 aromatic rings. The molecule has 1 nitrogen and oxygen atoms in total. The summed E-state index contributed by atoms with van der Waals surface area (Å²) in [6, 6.07) is 10.9. The molecule has 0 unspecified atom stereocenters. The molecule has 1 N–H and O–H groups in total. The van der Waals surface area contributed by atoms with Crippen LogP contribution in [-0.4, -0.2) is 5.11 Å². The monoisotopic (exact) mass is 222 g/mol. The Bertz CT molecular complexity index is 479. The first-order valence-electron chi connectivity index (χ1n) is 4.41. The third-order valence-electron chi connectivity index (χ3n) is 2.11. The quantitative estimate of drug-likeness (QED) is 0.777. The van der Waals surface area contributed by atoms with Crippen LogP contribution in [-0.2, 0) is 0 Å². The Morgan fingerprint density at radius 1 is 1.00 bits per heavy atom.